The molecule has 1 amide bonds. The zero-order valence-electron chi connectivity index (χ0n) is 15.9. The molecule has 2 aromatic carbocycles. The number of fused-ring (bicyclic) bond motifs is 1. The fraction of sp³-hybridized carbons (Fsp3) is 0.174. The van der Waals surface area contributed by atoms with Gasteiger partial charge in [-0.2, -0.15) is 0 Å². The molecule has 144 valence electrons. The van der Waals surface area contributed by atoms with Crippen LogP contribution < -0.4 is 4.90 Å². The predicted molar refractivity (Wildman–Crippen MR) is 112 cm³/mol. The maximum Gasteiger partial charge on any atom is 0.310 e. The van der Waals surface area contributed by atoms with E-state index in [1.165, 1.54) is 0 Å². The Kier molecular flexibility index (Phi) is 4.05. The van der Waals surface area contributed by atoms with Gasteiger partial charge in [0, 0.05) is 41.1 Å². The second-order valence-corrected chi connectivity index (χ2v) is 7.18. The Balaban J connectivity index is 1.46. The van der Waals surface area contributed by atoms with Crippen LogP contribution in [0.2, 0.25) is 0 Å². The van der Waals surface area contributed by atoms with Crippen molar-refractivity contribution < 1.29 is 14.3 Å². The Labute approximate surface area is 167 Å². The molecular weight excluding hydrogens is 366 g/mol. The van der Waals surface area contributed by atoms with Crippen LogP contribution in [0.25, 0.3) is 23.1 Å². The Bertz CT molecular complexity index is 1170. The minimum absolute atomic E-state index is 0.148. The summed E-state index contributed by atoms with van der Waals surface area (Å²) in [5.41, 5.74) is 5.66. The van der Waals surface area contributed by atoms with E-state index in [2.05, 4.69) is 9.98 Å². The highest BCUT2D eigenvalue weighted by Crippen LogP contribution is 2.37. The second kappa shape index (κ2) is 6.74. The maximum atomic E-state index is 11.9. The van der Waals surface area contributed by atoms with Gasteiger partial charge in [-0.3, -0.25) is 9.79 Å². The van der Waals surface area contributed by atoms with Gasteiger partial charge in [0.1, 0.15) is 5.69 Å². The van der Waals surface area contributed by atoms with Gasteiger partial charge in [0.25, 0.3) is 0 Å². The number of para-hydroxylation sites is 1. The molecule has 2 aliphatic heterocycles. The number of rotatable bonds is 3. The van der Waals surface area contributed by atoms with Crippen LogP contribution in [0.5, 0.6) is 5.95 Å². The number of anilines is 1. The number of oxazole rings is 1. The normalized spacial score (nSPS) is 17.1. The van der Waals surface area contributed by atoms with Crippen LogP contribution in [0.4, 0.5) is 11.4 Å². The van der Waals surface area contributed by atoms with Gasteiger partial charge in [-0.15, -0.1) is 0 Å². The van der Waals surface area contributed by atoms with E-state index in [4.69, 9.17) is 4.42 Å². The zero-order chi connectivity index (χ0) is 20.0. The number of amides is 1. The Morgan fingerprint density at radius 3 is 2.69 bits per heavy atom. The van der Waals surface area contributed by atoms with Crippen LogP contribution in [0.15, 0.2) is 57.9 Å². The molecule has 0 saturated carbocycles. The van der Waals surface area contributed by atoms with Gasteiger partial charge in [0.15, 0.2) is 0 Å². The molecule has 0 aliphatic carbocycles. The largest absolute Gasteiger partial charge is 0.479 e. The van der Waals surface area contributed by atoms with Gasteiger partial charge in [-0.05, 0) is 49.8 Å². The molecule has 3 aromatic rings. The number of nitrogens with zero attached hydrogens (tertiary/aromatic N) is 3. The summed E-state index contributed by atoms with van der Waals surface area (Å²) in [6.07, 6.45) is 3.28. The number of aromatic nitrogens is 1. The Morgan fingerprint density at radius 1 is 1.14 bits per heavy atom. The highest BCUT2D eigenvalue weighted by atomic mass is 16.5. The molecule has 0 unspecified atom stereocenters. The third-order valence-electron chi connectivity index (χ3n) is 5.29. The fourth-order valence-corrected chi connectivity index (χ4v) is 3.80. The highest BCUT2D eigenvalue weighted by molar-refractivity contribution is 6.31. The standard InChI is InChI=1S/C23H19N3O3/c1-14-18(17-5-2-3-6-19(17)24-14)13-20-23(28)29-22(25-20)15-8-10-16(11-9-15)26-12-4-7-21(26)27/h2-3,5-6,8-11,13,28H,4,7,12H2,1H3/b18-13+. The predicted octanol–water partition coefficient (Wildman–Crippen LogP) is 4.82. The number of carbonyl (C=O) groups is 1. The first-order valence-corrected chi connectivity index (χ1v) is 9.57. The smallest absolute Gasteiger partial charge is 0.310 e. The van der Waals surface area contributed by atoms with Crippen molar-refractivity contribution in [2.24, 2.45) is 4.99 Å². The lowest BCUT2D eigenvalue weighted by Gasteiger charge is -2.15. The SMILES string of the molecule is CC1=Nc2ccccc2/C1=C/c1nc(-c2ccc(N3CCCC3=O)cc2)oc1O. The van der Waals surface area contributed by atoms with Gasteiger partial charge >= 0.3 is 5.95 Å². The average molecular weight is 385 g/mol. The van der Waals surface area contributed by atoms with E-state index in [1.54, 1.807) is 11.0 Å². The van der Waals surface area contributed by atoms with Gasteiger partial charge in [-0.25, -0.2) is 4.98 Å². The summed E-state index contributed by atoms with van der Waals surface area (Å²) in [7, 11) is 0. The topological polar surface area (TPSA) is 78.9 Å². The first-order valence-electron chi connectivity index (χ1n) is 9.57. The number of hydrogen-bond acceptors (Lipinski definition) is 5. The third-order valence-corrected chi connectivity index (χ3v) is 5.29. The van der Waals surface area contributed by atoms with Crippen molar-refractivity contribution in [1.29, 1.82) is 0 Å². The van der Waals surface area contributed by atoms with Crippen molar-refractivity contribution in [1.82, 2.24) is 4.98 Å². The molecule has 1 saturated heterocycles. The number of allylic oxidation sites excluding steroid dienone is 1. The van der Waals surface area contributed by atoms with Gasteiger partial charge in [0.2, 0.25) is 11.8 Å². The molecule has 29 heavy (non-hydrogen) atoms. The number of benzene rings is 2. The molecule has 1 aromatic heterocycles. The number of carbonyl (C=O) groups excluding carboxylic acids is 1. The van der Waals surface area contributed by atoms with Crippen molar-refractivity contribution >= 4 is 34.6 Å². The molecule has 0 atom stereocenters. The van der Waals surface area contributed by atoms with Crippen LogP contribution in [0.3, 0.4) is 0 Å². The molecule has 0 radical (unpaired) electrons. The quantitative estimate of drug-likeness (QED) is 0.701. The lowest BCUT2D eigenvalue weighted by atomic mass is 10.0. The summed E-state index contributed by atoms with van der Waals surface area (Å²) in [4.78, 5) is 22.7. The molecule has 1 fully saturated rings. The first-order chi connectivity index (χ1) is 14.1. The van der Waals surface area contributed by atoms with Crippen LogP contribution >= 0.6 is 0 Å². The molecule has 0 bridgehead atoms. The van der Waals surface area contributed by atoms with E-state index in [-0.39, 0.29) is 11.9 Å². The average Bonchev–Trinajstić information content (AvgIpc) is 3.40. The molecule has 0 spiro atoms. The number of hydrogen-bond donors (Lipinski definition) is 1. The third kappa shape index (κ3) is 3.02. The van der Waals surface area contributed by atoms with Gasteiger partial charge in [-0.1, -0.05) is 18.2 Å². The van der Waals surface area contributed by atoms with E-state index in [0.717, 1.165) is 46.8 Å². The Hall–Kier alpha value is -3.67. The van der Waals surface area contributed by atoms with Crippen molar-refractivity contribution in [2.45, 2.75) is 19.8 Å². The molecule has 2 aliphatic rings. The summed E-state index contributed by atoms with van der Waals surface area (Å²) in [6, 6.07) is 15.3. The number of aromatic hydroxyl groups is 1. The summed E-state index contributed by atoms with van der Waals surface area (Å²) < 4.78 is 5.50. The molecule has 5 rings (SSSR count). The molecule has 1 N–H and O–H groups in total. The van der Waals surface area contributed by atoms with Gasteiger partial charge in [0.05, 0.1) is 5.69 Å². The second-order valence-electron chi connectivity index (χ2n) is 7.18. The summed E-state index contributed by atoms with van der Waals surface area (Å²) in [5.74, 6) is 0.243. The minimum Gasteiger partial charge on any atom is -0.479 e. The highest BCUT2D eigenvalue weighted by Gasteiger charge is 2.22. The molecular formula is C23H19N3O3. The van der Waals surface area contributed by atoms with Crippen molar-refractivity contribution in [3.8, 4) is 17.4 Å². The molecule has 6 nitrogen and oxygen atoms in total. The van der Waals surface area contributed by atoms with E-state index in [1.807, 2.05) is 55.5 Å². The van der Waals surface area contributed by atoms with Crippen molar-refractivity contribution in [2.75, 3.05) is 11.4 Å². The lowest BCUT2D eigenvalue weighted by molar-refractivity contribution is -0.117. The molecule has 3 heterocycles. The first kappa shape index (κ1) is 17.4. The van der Waals surface area contributed by atoms with Crippen molar-refractivity contribution in [3.05, 3.63) is 59.8 Å². The summed E-state index contributed by atoms with van der Waals surface area (Å²) >= 11 is 0. The van der Waals surface area contributed by atoms with E-state index < -0.39 is 0 Å². The zero-order valence-corrected chi connectivity index (χ0v) is 15.9. The summed E-state index contributed by atoms with van der Waals surface area (Å²) in [5, 5.41) is 10.3. The van der Waals surface area contributed by atoms with Gasteiger partial charge < -0.3 is 14.4 Å². The van der Waals surface area contributed by atoms with Crippen LogP contribution in [-0.2, 0) is 4.79 Å². The monoisotopic (exact) mass is 385 g/mol. The van der Waals surface area contributed by atoms with Crippen LogP contribution in [-0.4, -0.2) is 28.3 Å². The minimum atomic E-state index is -0.233. The van der Waals surface area contributed by atoms with E-state index >= 15 is 0 Å². The van der Waals surface area contributed by atoms with E-state index in [0.29, 0.717) is 18.0 Å². The lowest BCUT2D eigenvalue weighted by Crippen LogP contribution is -2.23. The summed E-state index contributed by atoms with van der Waals surface area (Å²) in [6.45, 7) is 2.68. The van der Waals surface area contributed by atoms with E-state index in [9.17, 15) is 9.90 Å². The maximum absolute atomic E-state index is 11.9. The Morgan fingerprint density at radius 2 is 1.93 bits per heavy atom. The van der Waals surface area contributed by atoms with Crippen LogP contribution in [0.1, 0.15) is 31.0 Å². The fourth-order valence-electron chi connectivity index (χ4n) is 3.80. The van der Waals surface area contributed by atoms with Crippen LogP contribution in [0, 0.1) is 0 Å². The molecule has 6 heteroatoms. The van der Waals surface area contributed by atoms with Crippen molar-refractivity contribution in [3.63, 3.8) is 0 Å². The number of aliphatic imine (C=N–C) groups is 1.